The van der Waals surface area contributed by atoms with Crippen LogP contribution in [0.5, 0.6) is 0 Å². The normalized spacial score (nSPS) is 37.4. The lowest BCUT2D eigenvalue weighted by Crippen LogP contribution is -2.65. The third-order valence-electron chi connectivity index (χ3n) is 5.10. The van der Waals surface area contributed by atoms with Crippen molar-refractivity contribution >= 4 is 34.2 Å². The molecule has 2 unspecified atom stereocenters. The zero-order valence-corrected chi connectivity index (χ0v) is 23.5. The average molecular weight is 497 g/mol. The summed E-state index contributed by atoms with van der Waals surface area (Å²) in [6, 6.07) is 1.76. The van der Waals surface area contributed by atoms with Gasteiger partial charge in [-0.25, -0.2) is 0 Å². The summed E-state index contributed by atoms with van der Waals surface area (Å²) in [7, 11) is -9.61. The molecule has 0 bridgehead atoms. The van der Waals surface area contributed by atoms with Gasteiger partial charge in [-0.15, -0.1) is 0 Å². The highest BCUT2D eigenvalue weighted by Crippen LogP contribution is 2.35. The van der Waals surface area contributed by atoms with Gasteiger partial charge in [-0.3, -0.25) is 0 Å². The molecule has 0 N–H and O–H groups in total. The van der Waals surface area contributed by atoms with Crippen molar-refractivity contribution in [2.45, 2.75) is 76.4 Å². The van der Waals surface area contributed by atoms with Gasteiger partial charge in [0, 0.05) is 13.2 Å². The topological polar surface area (TPSA) is 80.4 Å². The minimum Gasteiger partial charge on any atom is -0.416 e. The molecule has 0 saturated carbocycles. The van der Waals surface area contributed by atoms with Crippen LogP contribution in [-0.2, 0) is 35.4 Å². The molecule has 3 fully saturated rings. The van der Waals surface area contributed by atoms with Crippen LogP contribution in [0.25, 0.3) is 0 Å². The van der Waals surface area contributed by atoms with Crippen molar-refractivity contribution in [1.82, 2.24) is 0 Å². The molecule has 3 saturated heterocycles. The first-order chi connectivity index (χ1) is 14.0. The monoisotopic (exact) mass is 496 g/mol. The van der Waals surface area contributed by atoms with Crippen molar-refractivity contribution in [3.63, 3.8) is 0 Å². The Kier molecular flexibility index (Phi) is 8.57. The van der Waals surface area contributed by atoms with E-state index in [4.69, 9.17) is 35.4 Å². The van der Waals surface area contributed by atoms with Crippen molar-refractivity contribution in [2.24, 2.45) is 0 Å². The molecule has 3 rings (SSSR count). The molecule has 3 heterocycles. The van der Waals surface area contributed by atoms with E-state index in [0.29, 0.717) is 38.6 Å². The zero-order valence-electron chi connectivity index (χ0n) is 19.5. The Hall–Kier alpha value is 0.548. The molecule has 3 aliphatic rings. The zero-order chi connectivity index (χ0) is 21.9. The molecular formula is C18H40O8Si4. The predicted molar refractivity (Wildman–Crippen MR) is 123 cm³/mol. The number of hydrogen-bond donors (Lipinski definition) is 0. The summed E-state index contributed by atoms with van der Waals surface area (Å²) in [4.78, 5) is 0. The first-order valence-electron chi connectivity index (χ1n) is 11.2. The Balaban J connectivity index is 1.50. The first-order valence-corrected chi connectivity index (χ1v) is 21.9. The molecule has 0 radical (unpaired) electrons. The summed E-state index contributed by atoms with van der Waals surface area (Å²) in [6.07, 6.45) is 2.45. The van der Waals surface area contributed by atoms with Crippen LogP contribution in [-0.4, -0.2) is 86.1 Å². The van der Waals surface area contributed by atoms with Crippen LogP contribution in [0.1, 0.15) is 12.8 Å². The molecule has 0 aromatic carbocycles. The predicted octanol–water partition coefficient (Wildman–Crippen LogP) is 3.23. The second-order valence-electron chi connectivity index (χ2n) is 9.74. The van der Waals surface area contributed by atoms with E-state index in [2.05, 4.69) is 39.3 Å². The van der Waals surface area contributed by atoms with Crippen LogP contribution < -0.4 is 0 Å². The van der Waals surface area contributed by atoms with Gasteiger partial charge >= 0.3 is 34.2 Å². The van der Waals surface area contributed by atoms with Crippen molar-refractivity contribution in [3.05, 3.63) is 0 Å². The summed E-state index contributed by atoms with van der Waals surface area (Å²) in [5.41, 5.74) is 0. The molecule has 12 heteroatoms. The van der Waals surface area contributed by atoms with Crippen LogP contribution in [0.2, 0.25) is 51.4 Å². The average Bonchev–Trinajstić information content (AvgIpc) is 3.45. The van der Waals surface area contributed by atoms with E-state index < -0.39 is 34.2 Å². The second kappa shape index (κ2) is 10.2. The molecule has 2 atom stereocenters. The van der Waals surface area contributed by atoms with E-state index in [9.17, 15) is 0 Å². The molecule has 0 amide bonds. The van der Waals surface area contributed by atoms with E-state index in [1.54, 1.807) is 0 Å². The lowest BCUT2D eigenvalue weighted by Gasteiger charge is -2.48. The minimum absolute atomic E-state index is 0.307. The van der Waals surface area contributed by atoms with Crippen molar-refractivity contribution < 1.29 is 35.4 Å². The number of epoxide rings is 2. The van der Waals surface area contributed by atoms with Gasteiger partial charge in [0.2, 0.25) is 0 Å². The highest BCUT2D eigenvalue weighted by molar-refractivity contribution is 6.93. The van der Waals surface area contributed by atoms with Crippen LogP contribution in [0.15, 0.2) is 0 Å². The van der Waals surface area contributed by atoms with Crippen molar-refractivity contribution in [2.75, 3.05) is 39.6 Å². The highest BCUT2D eigenvalue weighted by atomic mass is 28.5. The van der Waals surface area contributed by atoms with Gasteiger partial charge in [-0.1, -0.05) is 0 Å². The largest absolute Gasteiger partial charge is 0.416 e. The van der Waals surface area contributed by atoms with Gasteiger partial charge < -0.3 is 35.4 Å². The lowest BCUT2D eigenvalue weighted by atomic mass is 10.5. The Morgan fingerprint density at radius 3 is 1.27 bits per heavy atom. The maximum atomic E-state index is 6.70. The smallest absolute Gasteiger partial charge is 0.317 e. The van der Waals surface area contributed by atoms with Gasteiger partial charge in [-0.2, -0.15) is 0 Å². The maximum absolute atomic E-state index is 6.70. The Morgan fingerprint density at radius 2 is 0.967 bits per heavy atom. The fourth-order valence-electron chi connectivity index (χ4n) is 4.12. The van der Waals surface area contributed by atoms with Gasteiger partial charge in [0.15, 0.2) is 0 Å². The number of hydrogen-bond acceptors (Lipinski definition) is 8. The van der Waals surface area contributed by atoms with E-state index in [1.807, 2.05) is 0 Å². The molecule has 0 aromatic heterocycles. The molecular weight excluding hydrogens is 457 g/mol. The molecule has 8 nitrogen and oxygen atoms in total. The fraction of sp³-hybridized carbons (Fsp3) is 1.00. The maximum Gasteiger partial charge on any atom is 0.317 e. The summed E-state index contributed by atoms with van der Waals surface area (Å²) in [5, 5.41) is 0. The SMILES string of the molecule is C[Si]1(C)O[Si](C)(CCCOCC2CO2)O[Si](C)(C)O[Si](C)(CCCOCC2CO2)O1. The van der Waals surface area contributed by atoms with Crippen molar-refractivity contribution in [3.8, 4) is 0 Å². The second-order valence-corrected chi connectivity index (χ2v) is 24.1. The quantitative estimate of drug-likeness (QED) is 0.231. The van der Waals surface area contributed by atoms with Gasteiger partial charge in [-0.05, 0) is 64.2 Å². The highest BCUT2D eigenvalue weighted by Gasteiger charge is 2.53. The van der Waals surface area contributed by atoms with E-state index in [1.165, 1.54) is 0 Å². The molecule has 176 valence electrons. The van der Waals surface area contributed by atoms with Gasteiger partial charge in [0.05, 0.1) is 26.4 Å². The molecule has 0 aliphatic carbocycles. The van der Waals surface area contributed by atoms with Crippen molar-refractivity contribution in [1.29, 1.82) is 0 Å². The number of rotatable bonds is 12. The summed E-state index contributed by atoms with van der Waals surface area (Å²) in [5.74, 6) is 0. The Bertz CT molecular complexity index is 492. The van der Waals surface area contributed by atoms with E-state index in [-0.39, 0.29) is 0 Å². The third kappa shape index (κ3) is 9.19. The molecule has 0 aromatic rings. The Labute approximate surface area is 185 Å². The standard InChI is InChI=1S/C18H40O8Si4/c1-27(2)23-29(5,11-7-9-19-13-17-15-21-17)25-28(3,4)26-30(6,24-27)12-8-10-20-14-18-16-22-18/h17-18H,7-16H2,1-6H3. The van der Waals surface area contributed by atoms with Crippen LogP contribution in [0.3, 0.4) is 0 Å². The lowest BCUT2D eigenvalue weighted by molar-refractivity contribution is 0.114. The molecule has 3 aliphatic heterocycles. The van der Waals surface area contributed by atoms with E-state index in [0.717, 1.165) is 38.1 Å². The van der Waals surface area contributed by atoms with Crippen LogP contribution >= 0.6 is 0 Å². The van der Waals surface area contributed by atoms with Crippen LogP contribution in [0, 0.1) is 0 Å². The fourth-order valence-corrected chi connectivity index (χ4v) is 26.1. The third-order valence-corrected chi connectivity index (χ3v) is 22.4. The van der Waals surface area contributed by atoms with Crippen LogP contribution in [0.4, 0.5) is 0 Å². The summed E-state index contributed by atoms with van der Waals surface area (Å²) in [6.45, 7) is 17.3. The number of ether oxygens (including phenoxy) is 4. The molecule has 0 spiro atoms. The summed E-state index contributed by atoms with van der Waals surface area (Å²) < 4.78 is 48.6. The summed E-state index contributed by atoms with van der Waals surface area (Å²) >= 11 is 0. The van der Waals surface area contributed by atoms with Gasteiger partial charge in [0.1, 0.15) is 12.2 Å². The minimum atomic E-state index is -2.42. The van der Waals surface area contributed by atoms with Gasteiger partial charge in [0.25, 0.3) is 0 Å². The Morgan fingerprint density at radius 1 is 0.633 bits per heavy atom. The first kappa shape index (κ1) is 25.2. The van der Waals surface area contributed by atoms with E-state index >= 15 is 0 Å². The molecule has 30 heavy (non-hydrogen) atoms.